The van der Waals surface area contributed by atoms with Gasteiger partial charge in [0.15, 0.2) is 0 Å². The minimum absolute atomic E-state index is 0.0185. The summed E-state index contributed by atoms with van der Waals surface area (Å²) in [5.74, 6) is -2.49. The molecule has 1 aliphatic heterocycles. The molecule has 1 amide bonds. The maximum absolute atomic E-state index is 12.9. The average Bonchev–Trinajstić information content (AvgIpc) is 3.01. The maximum Gasteiger partial charge on any atom is 0.337 e. The molecule has 7 nitrogen and oxygen atoms in total. The van der Waals surface area contributed by atoms with E-state index in [1.807, 2.05) is 31.2 Å². The number of aliphatic carboxylic acids is 1. The van der Waals surface area contributed by atoms with Crippen molar-refractivity contribution in [2.75, 3.05) is 12.1 Å². The third kappa shape index (κ3) is 4.46. The van der Waals surface area contributed by atoms with Gasteiger partial charge in [0.25, 0.3) is 5.91 Å². The maximum atomic E-state index is 12.9. The molecule has 1 N–H and O–H groups in total. The molecule has 0 bridgehead atoms. The van der Waals surface area contributed by atoms with Crippen LogP contribution in [0.4, 0.5) is 5.69 Å². The largest absolute Gasteiger partial charge is 0.478 e. The van der Waals surface area contributed by atoms with Crippen molar-refractivity contribution in [3.63, 3.8) is 0 Å². The number of rotatable bonds is 6. The van der Waals surface area contributed by atoms with E-state index in [9.17, 15) is 19.5 Å². The molecule has 1 unspecified atom stereocenters. The number of hydrogen-bond donors (Lipinski definition) is 1. The number of aryl methyl sites for hydroxylation is 1. The second kappa shape index (κ2) is 8.73. The van der Waals surface area contributed by atoms with Crippen molar-refractivity contribution >= 4 is 35.3 Å². The van der Waals surface area contributed by atoms with Gasteiger partial charge in [-0.2, -0.15) is 5.10 Å². The van der Waals surface area contributed by atoms with Crippen LogP contribution in [0, 0.1) is 12.8 Å². The van der Waals surface area contributed by atoms with Gasteiger partial charge in [0.05, 0.1) is 24.3 Å². The molecule has 1 atom stereocenters. The van der Waals surface area contributed by atoms with Gasteiger partial charge in [0.2, 0.25) is 0 Å². The Bertz CT molecular complexity index is 1040. The fourth-order valence-corrected chi connectivity index (χ4v) is 3.17. The molecule has 3 rings (SSSR count). The van der Waals surface area contributed by atoms with Crippen LogP contribution in [0.2, 0.25) is 0 Å². The lowest BCUT2D eigenvalue weighted by Gasteiger charge is -2.15. The molecule has 0 saturated carbocycles. The molecule has 2 aromatic carbocycles. The highest BCUT2D eigenvalue weighted by Gasteiger charge is 2.35. The Balaban J connectivity index is 1.81. The summed E-state index contributed by atoms with van der Waals surface area (Å²) >= 11 is 0. The zero-order valence-electron chi connectivity index (χ0n) is 17.0. The normalized spacial score (nSPS) is 16.4. The molecule has 154 valence electrons. The van der Waals surface area contributed by atoms with E-state index in [0.717, 1.165) is 5.56 Å². The number of carbonyl (C=O) groups is 3. The monoisotopic (exact) mass is 406 g/mol. The molecule has 2 aromatic rings. The van der Waals surface area contributed by atoms with Crippen LogP contribution in [0.1, 0.15) is 34.8 Å². The van der Waals surface area contributed by atoms with Gasteiger partial charge in [-0.1, -0.05) is 29.8 Å². The summed E-state index contributed by atoms with van der Waals surface area (Å²) in [5.41, 5.74) is 3.33. The average molecular weight is 406 g/mol. The fourth-order valence-electron chi connectivity index (χ4n) is 3.17. The smallest absolute Gasteiger partial charge is 0.337 e. The van der Waals surface area contributed by atoms with E-state index < -0.39 is 17.9 Å². The molecular formula is C23H22N2O5. The van der Waals surface area contributed by atoms with E-state index >= 15 is 0 Å². The van der Waals surface area contributed by atoms with Gasteiger partial charge in [0.1, 0.15) is 0 Å². The first-order valence-electron chi connectivity index (χ1n) is 9.38. The predicted molar refractivity (Wildman–Crippen MR) is 113 cm³/mol. The van der Waals surface area contributed by atoms with Crippen LogP contribution in [-0.2, 0) is 14.3 Å². The highest BCUT2D eigenvalue weighted by molar-refractivity contribution is 6.15. The number of esters is 1. The molecule has 0 aliphatic carbocycles. The van der Waals surface area contributed by atoms with Crippen molar-refractivity contribution in [2.24, 2.45) is 11.0 Å². The van der Waals surface area contributed by atoms with Crippen molar-refractivity contribution in [2.45, 2.75) is 20.3 Å². The van der Waals surface area contributed by atoms with Crippen LogP contribution in [0.3, 0.4) is 0 Å². The topological polar surface area (TPSA) is 96.3 Å². The molecule has 7 heteroatoms. The predicted octanol–water partition coefficient (Wildman–Crippen LogP) is 3.68. The molecule has 0 aromatic heterocycles. The van der Waals surface area contributed by atoms with E-state index in [0.29, 0.717) is 22.5 Å². The van der Waals surface area contributed by atoms with Crippen molar-refractivity contribution < 1.29 is 24.2 Å². The number of carboxylic acids is 1. The minimum Gasteiger partial charge on any atom is -0.478 e. The molecule has 1 aliphatic rings. The summed E-state index contributed by atoms with van der Waals surface area (Å²) < 4.78 is 4.66. The Morgan fingerprint density at radius 1 is 1.10 bits per heavy atom. The van der Waals surface area contributed by atoms with Gasteiger partial charge in [-0.05, 0) is 56.2 Å². The summed E-state index contributed by atoms with van der Waals surface area (Å²) in [7, 11) is 1.29. The van der Waals surface area contributed by atoms with E-state index in [-0.39, 0.29) is 17.9 Å². The Morgan fingerprint density at radius 3 is 2.30 bits per heavy atom. The summed E-state index contributed by atoms with van der Waals surface area (Å²) in [4.78, 5) is 36.2. The lowest BCUT2D eigenvalue weighted by Crippen LogP contribution is -2.28. The number of carbonyl (C=O) groups excluding carboxylic acids is 2. The van der Waals surface area contributed by atoms with Gasteiger partial charge in [-0.15, -0.1) is 0 Å². The van der Waals surface area contributed by atoms with Gasteiger partial charge < -0.3 is 9.84 Å². The zero-order valence-corrected chi connectivity index (χ0v) is 17.0. The number of carboxylic acid groups (broad SMARTS) is 1. The highest BCUT2D eigenvalue weighted by atomic mass is 16.5. The molecule has 0 saturated heterocycles. The quantitative estimate of drug-likeness (QED) is 0.583. The summed E-state index contributed by atoms with van der Waals surface area (Å²) in [6.45, 7) is 3.68. The van der Waals surface area contributed by atoms with Crippen LogP contribution in [-0.4, -0.2) is 35.8 Å². The number of amides is 1. The summed E-state index contributed by atoms with van der Waals surface area (Å²) in [6.07, 6.45) is 1.52. The number of methoxy groups -OCH3 is 1. The van der Waals surface area contributed by atoms with Crippen LogP contribution in [0.5, 0.6) is 0 Å². The van der Waals surface area contributed by atoms with Crippen LogP contribution >= 0.6 is 0 Å². The Labute approximate surface area is 174 Å². The number of ether oxygens (including phenoxy) is 1. The molecular weight excluding hydrogens is 384 g/mol. The third-order valence-electron chi connectivity index (χ3n) is 4.92. The number of benzene rings is 2. The van der Waals surface area contributed by atoms with Gasteiger partial charge in [0, 0.05) is 11.3 Å². The first-order chi connectivity index (χ1) is 14.3. The van der Waals surface area contributed by atoms with Crippen molar-refractivity contribution in [1.29, 1.82) is 0 Å². The number of hydrogen-bond acceptors (Lipinski definition) is 5. The first-order valence-corrected chi connectivity index (χ1v) is 9.38. The zero-order chi connectivity index (χ0) is 21.8. The first kappa shape index (κ1) is 21.0. The van der Waals surface area contributed by atoms with Crippen LogP contribution < -0.4 is 5.01 Å². The van der Waals surface area contributed by atoms with E-state index in [4.69, 9.17) is 0 Å². The van der Waals surface area contributed by atoms with E-state index in [1.54, 1.807) is 31.2 Å². The number of anilines is 1. The van der Waals surface area contributed by atoms with Crippen LogP contribution in [0.15, 0.2) is 59.2 Å². The SMILES string of the molecule is COC(=O)c1ccc(/C=C(/CC2C(=O)N(c3ccc(C)cc3)N=C2C)C(=O)O)cc1. The second-order valence-electron chi connectivity index (χ2n) is 7.07. The molecule has 0 spiro atoms. The van der Waals surface area contributed by atoms with Gasteiger partial charge >= 0.3 is 11.9 Å². The van der Waals surface area contributed by atoms with Crippen molar-refractivity contribution in [1.82, 2.24) is 0 Å². The van der Waals surface area contributed by atoms with Crippen molar-refractivity contribution in [3.05, 3.63) is 70.8 Å². The molecule has 30 heavy (non-hydrogen) atoms. The van der Waals surface area contributed by atoms with Crippen LogP contribution in [0.25, 0.3) is 6.08 Å². The third-order valence-corrected chi connectivity index (χ3v) is 4.92. The summed E-state index contributed by atoms with van der Waals surface area (Å²) in [6, 6.07) is 13.8. The number of hydrazone groups is 1. The Hall–Kier alpha value is -3.74. The van der Waals surface area contributed by atoms with E-state index in [2.05, 4.69) is 9.84 Å². The highest BCUT2D eigenvalue weighted by Crippen LogP contribution is 2.28. The lowest BCUT2D eigenvalue weighted by atomic mass is 9.93. The number of nitrogens with zero attached hydrogens (tertiary/aromatic N) is 2. The van der Waals surface area contributed by atoms with Gasteiger partial charge in [-0.25, -0.2) is 14.6 Å². The standard InChI is InChI=1S/C23H22N2O5/c1-14-4-10-19(11-5-14)25-21(26)20(15(2)24-25)13-18(22(27)28)12-16-6-8-17(9-7-16)23(29)30-3/h4-12,20H,13H2,1-3H3,(H,27,28)/b18-12-. The second-order valence-corrected chi connectivity index (χ2v) is 7.07. The summed E-state index contributed by atoms with van der Waals surface area (Å²) in [5, 5.41) is 15.3. The fraction of sp³-hybridized carbons (Fsp3) is 0.217. The van der Waals surface area contributed by atoms with Gasteiger partial charge in [-0.3, -0.25) is 4.79 Å². The van der Waals surface area contributed by atoms with Crippen molar-refractivity contribution in [3.8, 4) is 0 Å². The molecule has 0 radical (unpaired) electrons. The Morgan fingerprint density at radius 2 is 1.73 bits per heavy atom. The molecule has 1 heterocycles. The minimum atomic E-state index is -1.11. The lowest BCUT2D eigenvalue weighted by molar-refractivity contribution is -0.132. The van der Waals surface area contributed by atoms with E-state index in [1.165, 1.54) is 18.2 Å². The molecule has 0 fully saturated rings. The Kier molecular flexibility index (Phi) is 6.11.